The van der Waals surface area contributed by atoms with Gasteiger partial charge in [-0.15, -0.1) is 0 Å². The van der Waals surface area contributed by atoms with Crippen LogP contribution in [0.5, 0.6) is 0 Å². The minimum absolute atomic E-state index is 0.0268. The third-order valence-electron chi connectivity index (χ3n) is 5.87. The van der Waals surface area contributed by atoms with Gasteiger partial charge in [-0.3, -0.25) is 24.2 Å². The number of carbonyl (C=O) groups excluding carboxylic acids is 4. The van der Waals surface area contributed by atoms with Gasteiger partial charge < -0.3 is 54.1 Å². The minimum Gasteiger partial charge on any atom is -0.480 e. The molecule has 2 rings (SSSR count). The highest BCUT2D eigenvalue weighted by molar-refractivity contribution is 5.95. The summed E-state index contributed by atoms with van der Waals surface area (Å²) in [5, 5.41) is 27.1. The zero-order valence-electron chi connectivity index (χ0n) is 21.6. The Morgan fingerprint density at radius 2 is 1.55 bits per heavy atom. The number of primary amides is 1. The van der Waals surface area contributed by atoms with Crippen molar-refractivity contribution >= 4 is 46.5 Å². The Bertz CT molecular complexity index is 1240. The number of nitrogens with one attached hydrogen (secondary N) is 4. The number of H-pyrrole nitrogens is 1. The van der Waals surface area contributed by atoms with E-state index in [1.807, 2.05) is 12.1 Å². The van der Waals surface area contributed by atoms with Crippen LogP contribution >= 0.6 is 0 Å². The molecule has 40 heavy (non-hydrogen) atoms. The number of hydrogen-bond acceptors (Lipinski definition) is 8. The topological polar surface area (TPSA) is 294 Å². The minimum atomic E-state index is -1.55. The first-order valence-electron chi connectivity index (χ1n) is 12.3. The van der Waals surface area contributed by atoms with Crippen molar-refractivity contribution in [2.24, 2.45) is 27.9 Å². The number of para-hydroxylation sites is 1. The zero-order valence-corrected chi connectivity index (χ0v) is 21.6. The Morgan fingerprint density at radius 3 is 2.17 bits per heavy atom. The van der Waals surface area contributed by atoms with Crippen LogP contribution in [0.1, 0.15) is 24.8 Å². The molecule has 0 aliphatic heterocycles. The summed E-state index contributed by atoms with van der Waals surface area (Å²) in [6, 6.07) is 1.71. The van der Waals surface area contributed by atoms with Gasteiger partial charge in [0.1, 0.15) is 18.1 Å². The number of aliphatic hydroxyl groups is 1. The van der Waals surface area contributed by atoms with E-state index >= 15 is 0 Å². The lowest BCUT2D eigenvalue weighted by atomic mass is 10.0. The van der Waals surface area contributed by atoms with Crippen LogP contribution in [0.2, 0.25) is 0 Å². The number of benzene rings is 1. The van der Waals surface area contributed by atoms with Crippen LogP contribution in [0.25, 0.3) is 10.9 Å². The molecule has 14 N–H and O–H groups in total. The first-order valence-corrected chi connectivity index (χ1v) is 12.3. The second kappa shape index (κ2) is 15.0. The fourth-order valence-corrected chi connectivity index (χ4v) is 3.82. The van der Waals surface area contributed by atoms with Gasteiger partial charge in [-0.25, -0.2) is 4.79 Å². The fraction of sp³-hybridized carbons (Fsp3) is 0.417. The molecule has 16 heteroatoms. The number of aromatic amines is 1. The third-order valence-corrected chi connectivity index (χ3v) is 5.87. The molecule has 16 nitrogen and oxygen atoms in total. The molecule has 0 bridgehead atoms. The van der Waals surface area contributed by atoms with Crippen molar-refractivity contribution in [2.45, 2.75) is 49.9 Å². The van der Waals surface area contributed by atoms with Gasteiger partial charge in [-0.1, -0.05) is 18.2 Å². The average molecular weight is 562 g/mol. The number of nitrogens with zero attached hydrogens (tertiary/aromatic N) is 1. The number of nitrogens with two attached hydrogens (primary N) is 4. The number of aliphatic carboxylic acids is 1. The summed E-state index contributed by atoms with van der Waals surface area (Å²) in [6.45, 7) is -0.734. The highest BCUT2D eigenvalue weighted by Gasteiger charge is 2.31. The lowest BCUT2D eigenvalue weighted by Gasteiger charge is -2.24. The number of amides is 4. The Balaban J connectivity index is 2.18. The van der Waals surface area contributed by atoms with Gasteiger partial charge in [0.25, 0.3) is 0 Å². The number of carboxylic acid groups (broad SMARTS) is 1. The number of carboxylic acids is 1. The first kappa shape index (κ1) is 31.5. The molecule has 2 aromatic rings. The van der Waals surface area contributed by atoms with E-state index in [0.717, 1.165) is 10.9 Å². The number of guanidine groups is 1. The molecular formula is C24H35N9O7. The van der Waals surface area contributed by atoms with E-state index < -0.39 is 66.8 Å². The Hall–Kier alpha value is -4.70. The van der Waals surface area contributed by atoms with Crippen LogP contribution in [-0.4, -0.2) is 88.1 Å². The molecule has 0 spiro atoms. The maximum atomic E-state index is 13.2. The van der Waals surface area contributed by atoms with Gasteiger partial charge in [-0.2, -0.15) is 0 Å². The van der Waals surface area contributed by atoms with E-state index in [-0.39, 0.29) is 31.8 Å². The van der Waals surface area contributed by atoms with E-state index in [9.17, 15) is 34.2 Å². The maximum Gasteiger partial charge on any atom is 0.326 e. The molecule has 0 radical (unpaired) electrons. The molecule has 1 aromatic carbocycles. The van der Waals surface area contributed by atoms with E-state index in [2.05, 4.69) is 25.9 Å². The van der Waals surface area contributed by atoms with Crippen LogP contribution in [-0.2, 0) is 30.4 Å². The van der Waals surface area contributed by atoms with E-state index in [1.54, 1.807) is 18.3 Å². The van der Waals surface area contributed by atoms with E-state index in [0.29, 0.717) is 5.56 Å². The largest absolute Gasteiger partial charge is 0.480 e. The maximum absolute atomic E-state index is 13.2. The Labute approximate surface area is 228 Å². The number of carbonyl (C=O) groups is 5. The lowest BCUT2D eigenvalue weighted by molar-refractivity contribution is -0.142. The summed E-state index contributed by atoms with van der Waals surface area (Å²) in [7, 11) is 0. The first-order chi connectivity index (χ1) is 18.9. The number of fused-ring (bicyclic) bond motifs is 1. The van der Waals surface area contributed by atoms with E-state index in [4.69, 9.17) is 22.9 Å². The number of aliphatic hydroxyl groups excluding tert-OH is 1. The summed E-state index contributed by atoms with van der Waals surface area (Å²) < 4.78 is 0. The van der Waals surface area contributed by atoms with Crippen molar-refractivity contribution in [1.82, 2.24) is 20.9 Å². The van der Waals surface area contributed by atoms with Crippen molar-refractivity contribution in [3.8, 4) is 0 Å². The molecule has 0 aliphatic carbocycles. The SMILES string of the molecule is NC(=O)CC(N)C(=O)NC(Cc1c[nH]c2ccccc12)C(=O)NC(CO)C(=O)NC(CCCN=C(N)N)C(=O)O. The van der Waals surface area contributed by atoms with Crippen LogP contribution in [0, 0.1) is 0 Å². The molecule has 0 saturated heterocycles. The molecule has 4 amide bonds. The van der Waals surface area contributed by atoms with E-state index in [1.165, 1.54) is 0 Å². The second-order valence-electron chi connectivity index (χ2n) is 8.99. The van der Waals surface area contributed by atoms with Crippen molar-refractivity contribution < 1.29 is 34.2 Å². The summed E-state index contributed by atoms with van der Waals surface area (Å²) in [6.07, 6.45) is 1.34. The second-order valence-corrected chi connectivity index (χ2v) is 8.99. The summed E-state index contributed by atoms with van der Waals surface area (Å²) >= 11 is 0. The standard InChI is InChI=1S/C24H35N9O7/c25-14(9-19(26)35)20(36)32-17(8-12-10-30-15-5-2-1-4-13(12)15)21(37)33-18(11-34)22(38)31-16(23(39)40)6-3-7-29-24(27)28/h1-2,4-5,10,14,16-18,30,34H,3,6-9,11,25H2,(H2,26,35)(H,31,38)(H,32,36)(H,33,37)(H,39,40)(H4,27,28,29). The average Bonchev–Trinajstić information content (AvgIpc) is 3.30. The highest BCUT2D eigenvalue weighted by atomic mass is 16.4. The van der Waals surface area contributed by atoms with Crippen LogP contribution < -0.4 is 38.9 Å². The van der Waals surface area contributed by atoms with Gasteiger partial charge in [-0.05, 0) is 24.5 Å². The lowest BCUT2D eigenvalue weighted by Crippen LogP contribution is -2.58. The number of hydrogen-bond donors (Lipinski definition) is 10. The van der Waals surface area contributed by atoms with Crippen molar-refractivity contribution in [3.05, 3.63) is 36.0 Å². The van der Waals surface area contributed by atoms with Crippen molar-refractivity contribution in [2.75, 3.05) is 13.2 Å². The Kier molecular flexibility index (Phi) is 11.8. The van der Waals surface area contributed by atoms with Gasteiger partial charge in [0.2, 0.25) is 23.6 Å². The van der Waals surface area contributed by atoms with Crippen molar-refractivity contribution in [1.29, 1.82) is 0 Å². The Morgan fingerprint density at radius 1 is 0.925 bits per heavy atom. The normalized spacial score (nSPS) is 13.8. The third kappa shape index (κ3) is 9.55. The van der Waals surface area contributed by atoms with Gasteiger partial charge >= 0.3 is 5.97 Å². The summed E-state index contributed by atoms with van der Waals surface area (Å²) in [5.74, 6) is -4.98. The molecule has 0 fully saturated rings. The van der Waals surface area contributed by atoms with Gasteiger partial charge in [0, 0.05) is 30.1 Å². The van der Waals surface area contributed by atoms with Crippen LogP contribution in [0.3, 0.4) is 0 Å². The predicted molar refractivity (Wildman–Crippen MR) is 144 cm³/mol. The number of rotatable bonds is 16. The quantitative estimate of drug-likeness (QED) is 0.0547. The molecule has 1 aromatic heterocycles. The molecule has 4 unspecified atom stereocenters. The van der Waals surface area contributed by atoms with Crippen LogP contribution in [0.15, 0.2) is 35.5 Å². The zero-order chi connectivity index (χ0) is 29.8. The molecule has 4 atom stereocenters. The molecule has 218 valence electrons. The predicted octanol–water partition coefficient (Wildman–Crippen LogP) is -3.50. The molecule has 0 saturated carbocycles. The smallest absolute Gasteiger partial charge is 0.326 e. The molecular weight excluding hydrogens is 526 g/mol. The summed E-state index contributed by atoms with van der Waals surface area (Å²) in [5.41, 5.74) is 22.7. The van der Waals surface area contributed by atoms with Crippen LogP contribution in [0.4, 0.5) is 0 Å². The number of aliphatic imine (C=N–C) groups is 1. The molecule has 0 aliphatic rings. The fourth-order valence-electron chi connectivity index (χ4n) is 3.82. The van der Waals surface area contributed by atoms with Crippen molar-refractivity contribution in [3.63, 3.8) is 0 Å². The molecule has 1 heterocycles. The van der Waals surface area contributed by atoms with Gasteiger partial charge in [0.05, 0.1) is 19.1 Å². The number of aromatic nitrogens is 1. The highest BCUT2D eigenvalue weighted by Crippen LogP contribution is 2.19. The summed E-state index contributed by atoms with van der Waals surface area (Å²) in [4.78, 5) is 68.2. The van der Waals surface area contributed by atoms with Gasteiger partial charge in [0.15, 0.2) is 5.96 Å². The monoisotopic (exact) mass is 561 g/mol.